The first-order chi connectivity index (χ1) is 10.2. The van der Waals surface area contributed by atoms with E-state index >= 15 is 0 Å². The molecule has 0 saturated heterocycles. The fourth-order valence-electron chi connectivity index (χ4n) is 1.74. The minimum Gasteiger partial charge on any atom is -0.481 e. The number of hydrogen-bond donors (Lipinski definition) is 1. The van der Waals surface area contributed by atoms with Gasteiger partial charge in [-0.1, -0.05) is 11.6 Å². The Balaban J connectivity index is 3.23. The Bertz CT molecular complexity index is 676. The normalized spacial score (nSPS) is 11.2. The second kappa shape index (κ2) is 7.41. The molecule has 1 aromatic rings. The van der Waals surface area contributed by atoms with Gasteiger partial charge in [-0.25, -0.2) is 8.42 Å². The molecule has 0 aliphatic heterocycles. The number of carbonyl (C=O) groups is 1. The second-order valence-electron chi connectivity index (χ2n) is 4.36. The molecular formula is C12H15ClN2O6S. The van der Waals surface area contributed by atoms with E-state index in [1.807, 2.05) is 0 Å². The van der Waals surface area contributed by atoms with Gasteiger partial charge in [-0.3, -0.25) is 19.2 Å². The first kappa shape index (κ1) is 18.2. The van der Waals surface area contributed by atoms with Crippen molar-refractivity contribution in [2.75, 3.05) is 16.6 Å². The van der Waals surface area contributed by atoms with Gasteiger partial charge in [-0.15, -0.1) is 0 Å². The minimum absolute atomic E-state index is 0.0249. The molecule has 0 fully saturated rings. The smallest absolute Gasteiger partial charge is 0.303 e. The first-order valence-corrected chi connectivity index (χ1v) is 8.34. The number of nitro benzene ring substituents is 1. The highest BCUT2D eigenvalue weighted by Crippen LogP contribution is 2.32. The number of anilines is 1. The third-order valence-electron chi connectivity index (χ3n) is 2.86. The van der Waals surface area contributed by atoms with Crippen molar-refractivity contribution in [3.63, 3.8) is 0 Å². The van der Waals surface area contributed by atoms with Crippen LogP contribution < -0.4 is 4.31 Å². The van der Waals surface area contributed by atoms with Crippen LogP contribution in [0.2, 0.25) is 5.02 Å². The zero-order chi connectivity index (χ0) is 16.9. The van der Waals surface area contributed by atoms with Crippen LogP contribution >= 0.6 is 11.6 Å². The van der Waals surface area contributed by atoms with Crippen molar-refractivity contribution in [1.29, 1.82) is 0 Å². The monoisotopic (exact) mass is 350 g/mol. The molecule has 0 bridgehead atoms. The number of sulfonamides is 1. The summed E-state index contributed by atoms with van der Waals surface area (Å²) in [4.78, 5) is 20.7. The maximum Gasteiger partial charge on any atom is 0.303 e. The maximum atomic E-state index is 12.2. The number of nitrogens with zero attached hydrogens (tertiary/aromatic N) is 2. The van der Waals surface area contributed by atoms with E-state index in [-0.39, 0.29) is 41.5 Å². The number of non-ortho nitro benzene ring substituents is 1. The van der Waals surface area contributed by atoms with Gasteiger partial charge < -0.3 is 5.11 Å². The minimum atomic E-state index is -3.74. The van der Waals surface area contributed by atoms with E-state index in [4.69, 9.17) is 16.7 Å². The Morgan fingerprint density at radius 1 is 1.45 bits per heavy atom. The van der Waals surface area contributed by atoms with Crippen LogP contribution in [0.5, 0.6) is 0 Å². The van der Waals surface area contributed by atoms with Crippen LogP contribution in [0.1, 0.15) is 19.8 Å². The fourth-order valence-corrected chi connectivity index (χ4v) is 3.18. The van der Waals surface area contributed by atoms with Gasteiger partial charge in [0.2, 0.25) is 10.0 Å². The first-order valence-electron chi connectivity index (χ1n) is 6.35. The number of nitro groups is 1. The largest absolute Gasteiger partial charge is 0.481 e. The van der Waals surface area contributed by atoms with Gasteiger partial charge in [0.25, 0.3) is 5.69 Å². The lowest BCUT2D eigenvalue weighted by molar-refractivity contribution is -0.384. The molecule has 1 aromatic carbocycles. The lowest BCUT2D eigenvalue weighted by Gasteiger charge is -2.24. The second-order valence-corrected chi connectivity index (χ2v) is 6.95. The Labute approximate surface area is 132 Å². The average molecular weight is 351 g/mol. The van der Waals surface area contributed by atoms with Gasteiger partial charge in [0, 0.05) is 25.1 Å². The van der Waals surface area contributed by atoms with Gasteiger partial charge >= 0.3 is 5.97 Å². The van der Waals surface area contributed by atoms with Crippen LogP contribution in [-0.2, 0) is 14.8 Å². The van der Waals surface area contributed by atoms with Crippen molar-refractivity contribution in [3.05, 3.63) is 33.3 Å². The van der Waals surface area contributed by atoms with Crippen LogP contribution in [0, 0.1) is 10.1 Å². The van der Waals surface area contributed by atoms with Crippen molar-refractivity contribution in [2.45, 2.75) is 19.8 Å². The zero-order valence-electron chi connectivity index (χ0n) is 11.7. The molecule has 0 saturated carbocycles. The van der Waals surface area contributed by atoms with E-state index in [2.05, 4.69) is 0 Å². The van der Waals surface area contributed by atoms with E-state index in [0.29, 0.717) is 0 Å². The summed E-state index contributed by atoms with van der Waals surface area (Å²) in [6.45, 7) is 1.30. The molecule has 122 valence electrons. The van der Waals surface area contributed by atoms with E-state index in [1.165, 1.54) is 19.1 Å². The van der Waals surface area contributed by atoms with Crippen LogP contribution in [0.4, 0.5) is 11.4 Å². The predicted molar refractivity (Wildman–Crippen MR) is 81.8 cm³/mol. The van der Waals surface area contributed by atoms with Crippen molar-refractivity contribution in [2.24, 2.45) is 0 Å². The van der Waals surface area contributed by atoms with Gasteiger partial charge in [0.1, 0.15) is 0 Å². The van der Waals surface area contributed by atoms with Crippen LogP contribution in [-0.4, -0.2) is 36.7 Å². The molecule has 0 heterocycles. The third-order valence-corrected chi connectivity index (χ3v) is 4.96. The topological polar surface area (TPSA) is 118 Å². The van der Waals surface area contributed by atoms with Gasteiger partial charge in [-0.2, -0.15) is 0 Å². The number of hydrogen-bond acceptors (Lipinski definition) is 5. The Morgan fingerprint density at radius 2 is 2.09 bits per heavy atom. The lowest BCUT2D eigenvalue weighted by Crippen LogP contribution is -2.33. The summed E-state index contributed by atoms with van der Waals surface area (Å²) in [7, 11) is -3.74. The predicted octanol–water partition coefficient (Wildman–Crippen LogP) is 2.27. The molecule has 0 aromatic heterocycles. The SMILES string of the molecule is CCS(=O)(=O)N(CCCC(=O)O)c1cc([N+](=O)[O-])ccc1Cl. The number of rotatable bonds is 8. The number of carboxylic acids is 1. The summed E-state index contributed by atoms with van der Waals surface area (Å²) < 4.78 is 25.2. The van der Waals surface area contributed by atoms with Crippen molar-refractivity contribution < 1.29 is 23.2 Å². The van der Waals surface area contributed by atoms with E-state index in [1.54, 1.807) is 0 Å². The van der Waals surface area contributed by atoms with Crippen LogP contribution in [0.25, 0.3) is 0 Å². The third kappa shape index (κ3) is 4.57. The molecule has 0 aliphatic rings. The molecule has 0 amide bonds. The molecule has 0 atom stereocenters. The Kier molecular flexibility index (Phi) is 6.12. The summed E-state index contributed by atoms with van der Waals surface area (Å²) in [6.07, 6.45) is -0.157. The van der Waals surface area contributed by atoms with Gasteiger partial charge in [0.05, 0.1) is 21.4 Å². The highest BCUT2D eigenvalue weighted by Gasteiger charge is 2.24. The van der Waals surface area contributed by atoms with Gasteiger partial charge in [0.15, 0.2) is 0 Å². The number of benzene rings is 1. The number of carboxylic acid groups (broad SMARTS) is 1. The quantitative estimate of drug-likeness (QED) is 0.567. The zero-order valence-corrected chi connectivity index (χ0v) is 13.3. The highest BCUT2D eigenvalue weighted by molar-refractivity contribution is 7.92. The van der Waals surface area contributed by atoms with Gasteiger partial charge in [-0.05, 0) is 19.4 Å². The van der Waals surface area contributed by atoms with Crippen LogP contribution in [0.3, 0.4) is 0 Å². The van der Waals surface area contributed by atoms with E-state index in [0.717, 1.165) is 10.4 Å². The fraction of sp³-hybridized carbons (Fsp3) is 0.417. The average Bonchev–Trinajstić information content (AvgIpc) is 2.44. The molecule has 22 heavy (non-hydrogen) atoms. The Hall–Kier alpha value is -1.87. The summed E-state index contributed by atoms with van der Waals surface area (Å²) in [6, 6.07) is 3.47. The summed E-state index contributed by atoms with van der Waals surface area (Å²) in [5, 5.41) is 19.5. The molecule has 1 N–H and O–H groups in total. The molecule has 1 rings (SSSR count). The maximum absolute atomic E-state index is 12.2. The van der Waals surface area contributed by atoms with Crippen molar-refractivity contribution in [3.8, 4) is 0 Å². The lowest BCUT2D eigenvalue weighted by atomic mass is 10.2. The molecule has 0 aliphatic carbocycles. The van der Waals surface area contributed by atoms with E-state index in [9.17, 15) is 23.3 Å². The molecule has 8 nitrogen and oxygen atoms in total. The van der Waals surface area contributed by atoms with Crippen molar-refractivity contribution >= 4 is 39.0 Å². The molecule has 0 spiro atoms. The summed E-state index contributed by atoms with van der Waals surface area (Å²) in [5.74, 6) is -1.29. The number of aliphatic carboxylic acids is 1. The Morgan fingerprint density at radius 3 is 2.59 bits per heavy atom. The van der Waals surface area contributed by atoms with Crippen LogP contribution in [0.15, 0.2) is 18.2 Å². The summed E-state index contributed by atoms with van der Waals surface area (Å²) >= 11 is 5.96. The summed E-state index contributed by atoms with van der Waals surface area (Å²) in [5.41, 5.74) is -0.322. The standard InChI is InChI=1S/C12H15ClN2O6S/c1-2-22(20,21)14(7-3-4-12(16)17)11-8-9(15(18)19)5-6-10(11)13/h5-6,8H,2-4,7H2,1H3,(H,16,17). The number of halogens is 1. The molecule has 0 radical (unpaired) electrons. The highest BCUT2D eigenvalue weighted by atomic mass is 35.5. The van der Waals surface area contributed by atoms with E-state index < -0.39 is 20.9 Å². The molecular weight excluding hydrogens is 336 g/mol. The van der Waals surface area contributed by atoms with Crippen molar-refractivity contribution in [1.82, 2.24) is 0 Å². The molecule has 10 heteroatoms. The molecule has 0 unspecified atom stereocenters.